The Hall–Kier alpha value is -3.99. The molecule has 8 heteroatoms. The van der Waals surface area contributed by atoms with Crippen molar-refractivity contribution in [2.45, 2.75) is 13.8 Å². The maximum atomic E-state index is 13.0. The number of amides is 1. The number of para-hydroxylation sites is 2. The molecule has 0 unspecified atom stereocenters. The molecule has 2 heterocycles. The summed E-state index contributed by atoms with van der Waals surface area (Å²) in [6, 6.07) is 11.7. The van der Waals surface area contributed by atoms with Gasteiger partial charge in [-0.25, -0.2) is 14.2 Å². The van der Waals surface area contributed by atoms with E-state index in [0.29, 0.717) is 22.7 Å². The average Bonchev–Trinajstić information content (AvgIpc) is 3.18. The molecule has 2 aromatic heterocycles. The smallest absolute Gasteiger partial charge is 0.425 e. The van der Waals surface area contributed by atoms with E-state index < -0.39 is 6.09 Å². The first-order valence-corrected chi connectivity index (χ1v) is 8.39. The van der Waals surface area contributed by atoms with E-state index in [0.717, 1.165) is 0 Å². The summed E-state index contributed by atoms with van der Waals surface area (Å²) in [4.78, 5) is 14.3. The number of hydrogen-bond acceptors (Lipinski definition) is 6. The van der Waals surface area contributed by atoms with Crippen LogP contribution in [-0.2, 0) is 4.74 Å². The number of ether oxygens (including phenoxy) is 2. The third-order valence-electron chi connectivity index (χ3n) is 4.14. The van der Waals surface area contributed by atoms with Gasteiger partial charge in [-0.1, -0.05) is 12.1 Å². The zero-order valence-corrected chi connectivity index (χ0v) is 15.6. The number of carbonyl (C=O) groups is 1. The zero-order valence-electron chi connectivity index (χ0n) is 15.6. The molecule has 0 saturated carbocycles. The second-order valence-electron chi connectivity index (χ2n) is 5.78. The molecule has 0 atom stereocenters. The van der Waals surface area contributed by atoms with Crippen molar-refractivity contribution < 1.29 is 19.4 Å². The SMILES string of the molecule is C/C=C(\C)OC(=O)N(c1ccccc1OC)c1cc(O)c(C#N)c2ccnn12. The molecule has 0 aliphatic heterocycles. The van der Waals surface area contributed by atoms with Gasteiger partial charge in [-0.15, -0.1) is 0 Å². The number of anilines is 2. The van der Waals surface area contributed by atoms with Gasteiger partial charge in [-0.3, -0.25) is 0 Å². The molecule has 3 rings (SSSR count). The second-order valence-corrected chi connectivity index (χ2v) is 5.78. The summed E-state index contributed by atoms with van der Waals surface area (Å²) in [6.45, 7) is 3.40. The van der Waals surface area contributed by atoms with Gasteiger partial charge in [0.25, 0.3) is 0 Å². The van der Waals surface area contributed by atoms with Gasteiger partial charge in [-0.05, 0) is 38.1 Å². The molecule has 28 heavy (non-hydrogen) atoms. The lowest BCUT2D eigenvalue weighted by Gasteiger charge is -2.24. The standard InChI is InChI=1S/C20H18N4O4/c1-4-13(2)28-20(26)23(16-7-5-6-8-18(16)27-3)19-11-17(25)14(12-21)15-9-10-22-24(15)19/h4-11,25H,1-3H3/b13-4+. The van der Waals surface area contributed by atoms with Crippen LogP contribution in [-0.4, -0.2) is 27.9 Å². The number of benzene rings is 1. The molecular formula is C20H18N4O4. The van der Waals surface area contributed by atoms with Gasteiger partial charge in [0, 0.05) is 6.07 Å². The fraction of sp³-hybridized carbons (Fsp3) is 0.150. The van der Waals surface area contributed by atoms with Crippen LogP contribution in [0.2, 0.25) is 0 Å². The summed E-state index contributed by atoms with van der Waals surface area (Å²) in [5, 5.41) is 23.9. The summed E-state index contributed by atoms with van der Waals surface area (Å²) in [6.07, 6.45) is 2.40. The Morgan fingerprint density at radius 2 is 2.11 bits per heavy atom. The fourth-order valence-electron chi connectivity index (χ4n) is 2.71. The van der Waals surface area contributed by atoms with Gasteiger partial charge < -0.3 is 14.6 Å². The first kappa shape index (κ1) is 18.8. The monoisotopic (exact) mass is 378 g/mol. The van der Waals surface area contributed by atoms with E-state index in [1.807, 2.05) is 6.07 Å². The van der Waals surface area contributed by atoms with Crippen molar-refractivity contribution in [1.82, 2.24) is 9.61 Å². The molecule has 0 aliphatic carbocycles. The van der Waals surface area contributed by atoms with Crippen molar-refractivity contribution in [3.05, 3.63) is 60.0 Å². The van der Waals surface area contributed by atoms with Crippen molar-refractivity contribution in [2.24, 2.45) is 0 Å². The molecule has 1 N–H and O–H groups in total. The first-order valence-electron chi connectivity index (χ1n) is 8.39. The lowest BCUT2D eigenvalue weighted by Crippen LogP contribution is -2.29. The highest BCUT2D eigenvalue weighted by molar-refractivity contribution is 5.98. The topological polar surface area (TPSA) is 100 Å². The largest absolute Gasteiger partial charge is 0.506 e. The molecule has 142 valence electrons. The molecule has 0 saturated heterocycles. The molecule has 0 radical (unpaired) electrons. The Kier molecular flexibility index (Phi) is 5.18. The summed E-state index contributed by atoms with van der Waals surface area (Å²) in [5.41, 5.74) is 0.798. The molecule has 8 nitrogen and oxygen atoms in total. The van der Waals surface area contributed by atoms with Crippen molar-refractivity contribution in [2.75, 3.05) is 12.0 Å². The highest BCUT2D eigenvalue weighted by atomic mass is 16.6. The average molecular weight is 378 g/mol. The normalized spacial score (nSPS) is 11.1. The van der Waals surface area contributed by atoms with Gasteiger partial charge in [0.15, 0.2) is 0 Å². The van der Waals surface area contributed by atoms with E-state index in [2.05, 4.69) is 5.10 Å². The van der Waals surface area contributed by atoms with E-state index in [4.69, 9.17) is 9.47 Å². The van der Waals surface area contributed by atoms with E-state index in [9.17, 15) is 15.2 Å². The molecule has 1 aromatic carbocycles. The summed E-state index contributed by atoms with van der Waals surface area (Å²) >= 11 is 0. The lowest BCUT2D eigenvalue weighted by molar-refractivity contribution is 0.186. The quantitative estimate of drug-likeness (QED) is 0.686. The Morgan fingerprint density at radius 3 is 2.79 bits per heavy atom. The van der Waals surface area contributed by atoms with Gasteiger partial charge in [0.05, 0.1) is 24.5 Å². The van der Waals surface area contributed by atoms with Crippen LogP contribution in [0.1, 0.15) is 19.4 Å². The molecule has 0 bridgehead atoms. The van der Waals surface area contributed by atoms with Crippen LogP contribution in [0.3, 0.4) is 0 Å². The number of nitriles is 1. The number of carbonyl (C=O) groups excluding carboxylic acids is 1. The van der Waals surface area contributed by atoms with Crippen molar-refractivity contribution in [3.63, 3.8) is 0 Å². The van der Waals surface area contributed by atoms with Crippen LogP contribution in [0.15, 0.2) is 54.4 Å². The van der Waals surface area contributed by atoms with Crippen molar-refractivity contribution in [1.29, 1.82) is 5.26 Å². The molecule has 0 fully saturated rings. The van der Waals surface area contributed by atoms with Crippen molar-refractivity contribution >= 4 is 23.1 Å². The van der Waals surface area contributed by atoms with E-state index in [1.54, 1.807) is 50.3 Å². The number of fused-ring (bicyclic) bond motifs is 1. The third-order valence-corrected chi connectivity index (χ3v) is 4.14. The second kappa shape index (κ2) is 7.72. The van der Waals surface area contributed by atoms with Crippen LogP contribution < -0.4 is 9.64 Å². The highest BCUT2D eigenvalue weighted by Gasteiger charge is 2.27. The maximum Gasteiger partial charge on any atom is 0.425 e. The predicted octanol–water partition coefficient (Wildman–Crippen LogP) is 4.12. The number of methoxy groups -OCH3 is 1. The lowest BCUT2D eigenvalue weighted by atomic mass is 10.2. The Bertz CT molecular complexity index is 1110. The number of pyridine rings is 1. The molecule has 1 amide bonds. The Balaban J connectivity index is 2.29. The summed E-state index contributed by atoms with van der Waals surface area (Å²) in [5.74, 6) is 0.733. The Labute approximate surface area is 161 Å². The van der Waals surface area contributed by atoms with Gasteiger partial charge in [-0.2, -0.15) is 10.4 Å². The van der Waals surface area contributed by atoms with Crippen LogP contribution in [0.4, 0.5) is 16.3 Å². The van der Waals surface area contributed by atoms with Crippen LogP contribution in [0, 0.1) is 11.3 Å². The van der Waals surface area contributed by atoms with E-state index in [1.165, 1.54) is 28.8 Å². The van der Waals surface area contributed by atoms with E-state index in [-0.39, 0.29) is 17.1 Å². The molecular weight excluding hydrogens is 360 g/mol. The minimum Gasteiger partial charge on any atom is -0.506 e. The molecule has 0 aliphatic rings. The van der Waals surface area contributed by atoms with Crippen LogP contribution in [0.25, 0.3) is 5.52 Å². The molecule has 3 aromatic rings. The fourth-order valence-corrected chi connectivity index (χ4v) is 2.71. The number of rotatable bonds is 4. The predicted molar refractivity (Wildman–Crippen MR) is 103 cm³/mol. The maximum absolute atomic E-state index is 13.0. The number of aromatic nitrogens is 2. The van der Waals surface area contributed by atoms with Gasteiger partial charge in [0.1, 0.15) is 34.7 Å². The minimum absolute atomic E-state index is 0.0548. The minimum atomic E-state index is -0.721. The number of aromatic hydroxyl groups is 1. The van der Waals surface area contributed by atoms with E-state index >= 15 is 0 Å². The van der Waals surface area contributed by atoms with Gasteiger partial charge >= 0.3 is 6.09 Å². The first-order chi connectivity index (χ1) is 13.5. The number of hydrogen-bond donors (Lipinski definition) is 1. The summed E-state index contributed by atoms with van der Waals surface area (Å²) in [7, 11) is 1.49. The zero-order chi connectivity index (χ0) is 20.3. The molecule has 0 spiro atoms. The van der Waals surface area contributed by atoms with Gasteiger partial charge in [0.2, 0.25) is 0 Å². The summed E-state index contributed by atoms with van der Waals surface area (Å²) < 4.78 is 12.2. The van der Waals surface area contributed by atoms with Crippen LogP contribution >= 0.6 is 0 Å². The number of nitrogens with zero attached hydrogens (tertiary/aromatic N) is 4. The Morgan fingerprint density at radius 1 is 1.36 bits per heavy atom. The number of allylic oxidation sites excluding steroid dienone is 2. The highest BCUT2D eigenvalue weighted by Crippen LogP contribution is 2.37. The van der Waals surface area contributed by atoms with Crippen molar-refractivity contribution in [3.8, 4) is 17.6 Å². The van der Waals surface area contributed by atoms with Crippen LogP contribution in [0.5, 0.6) is 11.5 Å². The third kappa shape index (κ3) is 3.21.